The number of hydrogen-bond donors (Lipinski definition) is 0. The molecule has 3 heterocycles. The lowest BCUT2D eigenvalue weighted by Crippen LogP contribution is -2.46. The molecule has 0 spiro atoms. The molecule has 3 aromatic carbocycles. The minimum Gasteiger partial charge on any atom is -0.359 e. The van der Waals surface area contributed by atoms with E-state index >= 15 is 0 Å². The first kappa shape index (κ1) is 24.1. The molecule has 3 aliphatic heterocycles. The molecule has 0 N–H and O–H groups in total. The van der Waals surface area contributed by atoms with Gasteiger partial charge in [-0.15, -0.1) is 0 Å². The van der Waals surface area contributed by atoms with E-state index in [1.54, 1.807) is 83.9 Å². The van der Waals surface area contributed by atoms with E-state index in [1.807, 2.05) is 25.1 Å². The molecular weight excluding hydrogens is 500 g/mol. The van der Waals surface area contributed by atoms with Crippen molar-refractivity contribution in [3.05, 3.63) is 125 Å². The zero-order valence-corrected chi connectivity index (χ0v) is 21.2. The molecular formula is C31H23ClN2O4. The molecule has 0 unspecified atom stereocenters. The third-order valence-corrected chi connectivity index (χ3v) is 7.79. The molecule has 3 aromatic rings. The van der Waals surface area contributed by atoms with Crippen molar-refractivity contribution in [1.29, 1.82) is 0 Å². The Morgan fingerprint density at radius 2 is 1.45 bits per heavy atom. The van der Waals surface area contributed by atoms with Gasteiger partial charge in [0, 0.05) is 27.9 Å². The van der Waals surface area contributed by atoms with Crippen LogP contribution < -0.4 is 4.90 Å². The van der Waals surface area contributed by atoms with Gasteiger partial charge in [-0.25, -0.2) is 4.90 Å². The van der Waals surface area contributed by atoms with Gasteiger partial charge in [0.2, 0.25) is 11.8 Å². The second-order valence-corrected chi connectivity index (χ2v) is 10.2. The Bertz CT molecular complexity index is 1530. The number of amides is 2. The standard InChI is InChI=1S/C31H23ClN2O4/c1-18-7-13-23(14-8-18)34-30(37)25-24-17-21(28(35)19-5-3-2-4-6-19)15-16-33(24)27(26(25)31(34)38)29(36)20-9-11-22(32)12-10-20/h2-17,24-27H,1H3/t24-,25+,26+,27-/m0/s1. The van der Waals surface area contributed by atoms with Crippen LogP contribution in [0.3, 0.4) is 0 Å². The Labute approximate surface area is 224 Å². The number of nitrogens with zero attached hydrogens (tertiary/aromatic N) is 2. The second kappa shape index (κ2) is 9.23. The summed E-state index contributed by atoms with van der Waals surface area (Å²) >= 11 is 6.03. The van der Waals surface area contributed by atoms with Crippen molar-refractivity contribution in [1.82, 2.24) is 4.90 Å². The van der Waals surface area contributed by atoms with Crippen LogP contribution in [0.5, 0.6) is 0 Å². The minimum atomic E-state index is -0.904. The van der Waals surface area contributed by atoms with E-state index in [2.05, 4.69) is 0 Å². The third-order valence-electron chi connectivity index (χ3n) is 7.54. The van der Waals surface area contributed by atoms with Gasteiger partial charge in [-0.3, -0.25) is 19.2 Å². The van der Waals surface area contributed by atoms with Crippen molar-refractivity contribution < 1.29 is 19.2 Å². The van der Waals surface area contributed by atoms with E-state index in [-0.39, 0.29) is 17.5 Å². The highest BCUT2D eigenvalue weighted by Crippen LogP contribution is 2.47. The molecule has 2 fully saturated rings. The molecule has 0 bridgehead atoms. The molecule has 3 aliphatic rings. The van der Waals surface area contributed by atoms with E-state index in [0.29, 0.717) is 27.4 Å². The second-order valence-electron chi connectivity index (χ2n) is 9.79. The van der Waals surface area contributed by atoms with Crippen molar-refractivity contribution in [2.45, 2.75) is 19.0 Å². The van der Waals surface area contributed by atoms with Crippen molar-refractivity contribution >= 4 is 40.7 Å². The first-order chi connectivity index (χ1) is 18.3. The summed E-state index contributed by atoms with van der Waals surface area (Å²) in [6.07, 6.45) is 5.06. The molecule has 6 rings (SSSR count). The molecule has 0 saturated carbocycles. The fraction of sp³-hybridized carbons (Fsp3) is 0.161. The number of carbonyl (C=O) groups excluding carboxylic acids is 4. The summed E-state index contributed by atoms with van der Waals surface area (Å²) in [7, 11) is 0. The molecule has 4 atom stereocenters. The van der Waals surface area contributed by atoms with Gasteiger partial charge in [-0.05, 0) is 49.4 Å². The maximum absolute atomic E-state index is 13.9. The number of hydrogen-bond acceptors (Lipinski definition) is 5. The summed E-state index contributed by atoms with van der Waals surface area (Å²) in [5.74, 6) is -2.95. The van der Waals surface area contributed by atoms with Gasteiger partial charge in [0.05, 0.1) is 23.6 Å². The van der Waals surface area contributed by atoms with Crippen LogP contribution in [0.25, 0.3) is 0 Å². The summed E-state index contributed by atoms with van der Waals surface area (Å²) in [5.41, 5.74) is 2.82. The number of ketones is 2. The lowest BCUT2D eigenvalue weighted by Gasteiger charge is -2.32. The number of halogens is 1. The van der Waals surface area contributed by atoms with Gasteiger partial charge < -0.3 is 4.90 Å². The van der Waals surface area contributed by atoms with Crippen molar-refractivity contribution in [2.24, 2.45) is 11.8 Å². The van der Waals surface area contributed by atoms with Gasteiger partial charge in [-0.2, -0.15) is 0 Å². The van der Waals surface area contributed by atoms with Crippen LogP contribution in [0.1, 0.15) is 26.3 Å². The molecule has 7 heteroatoms. The number of fused-ring (bicyclic) bond motifs is 3. The lowest BCUT2D eigenvalue weighted by molar-refractivity contribution is -0.123. The van der Waals surface area contributed by atoms with Gasteiger partial charge >= 0.3 is 0 Å². The molecule has 2 saturated heterocycles. The zero-order chi connectivity index (χ0) is 26.6. The molecule has 0 aromatic heterocycles. The van der Waals surface area contributed by atoms with Crippen LogP contribution >= 0.6 is 11.6 Å². The van der Waals surface area contributed by atoms with Crippen molar-refractivity contribution in [2.75, 3.05) is 4.90 Å². The van der Waals surface area contributed by atoms with E-state index in [0.717, 1.165) is 5.56 Å². The summed E-state index contributed by atoms with van der Waals surface area (Å²) in [6.45, 7) is 1.93. The number of allylic oxidation sites excluding steroid dienone is 2. The maximum atomic E-state index is 13.9. The molecule has 6 nitrogen and oxygen atoms in total. The molecule has 0 radical (unpaired) electrons. The Hall–Kier alpha value is -4.29. The number of rotatable bonds is 5. The van der Waals surface area contributed by atoms with Crippen LogP contribution in [0.4, 0.5) is 5.69 Å². The van der Waals surface area contributed by atoms with Crippen molar-refractivity contribution in [3.63, 3.8) is 0 Å². The monoisotopic (exact) mass is 522 g/mol. The number of imide groups is 1. The normalized spacial score (nSPS) is 23.8. The largest absolute Gasteiger partial charge is 0.359 e. The van der Waals surface area contributed by atoms with Crippen LogP contribution in [-0.2, 0) is 9.59 Å². The summed E-state index contributed by atoms with van der Waals surface area (Å²) in [6, 6.07) is 21.0. The van der Waals surface area contributed by atoms with E-state index in [4.69, 9.17) is 11.6 Å². The summed E-state index contributed by atoms with van der Waals surface area (Å²) in [5, 5.41) is 0.492. The van der Waals surface area contributed by atoms with Gasteiger partial charge in [0.1, 0.15) is 6.04 Å². The molecule has 2 amide bonds. The first-order valence-electron chi connectivity index (χ1n) is 12.4. The van der Waals surface area contributed by atoms with Crippen LogP contribution in [0, 0.1) is 18.8 Å². The van der Waals surface area contributed by atoms with Gasteiger partial charge in [0.25, 0.3) is 0 Å². The topological polar surface area (TPSA) is 74.8 Å². The number of carbonyl (C=O) groups is 4. The first-order valence-corrected chi connectivity index (χ1v) is 12.7. The number of benzene rings is 3. The highest BCUT2D eigenvalue weighted by atomic mass is 35.5. The Kier molecular flexibility index (Phi) is 5.84. The Balaban J connectivity index is 1.43. The predicted molar refractivity (Wildman–Crippen MR) is 144 cm³/mol. The Morgan fingerprint density at radius 1 is 0.789 bits per heavy atom. The van der Waals surface area contributed by atoms with Crippen LogP contribution in [0.15, 0.2) is 103 Å². The average molecular weight is 523 g/mol. The van der Waals surface area contributed by atoms with Crippen LogP contribution in [-0.4, -0.2) is 40.4 Å². The highest BCUT2D eigenvalue weighted by molar-refractivity contribution is 6.30. The summed E-state index contributed by atoms with van der Waals surface area (Å²) in [4.78, 5) is 57.7. The Morgan fingerprint density at radius 3 is 2.13 bits per heavy atom. The quantitative estimate of drug-likeness (QED) is 0.347. The number of Topliss-reactive ketones (excluding diaryl/α,β-unsaturated/α-hetero) is 2. The highest BCUT2D eigenvalue weighted by Gasteiger charge is 2.63. The maximum Gasteiger partial charge on any atom is 0.240 e. The summed E-state index contributed by atoms with van der Waals surface area (Å²) < 4.78 is 0. The number of aryl methyl sites for hydroxylation is 1. The molecule has 0 aliphatic carbocycles. The van der Waals surface area contributed by atoms with Crippen LogP contribution in [0.2, 0.25) is 5.02 Å². The zero-order valence-electron chi connectivity index (χ0n) is 20.5. The van der Waals surface area contributed by atoms with E-state index < -0.39 is 29.8 Å². The molecule has 38 heavy (non-hydrogen) atoms. The van der Waals surface area contributed by atoms with Crippen molar-refractivity contribution in [3.8, 4) is 0 Å². The van der Waals surface area contributed by atoms with Gasteiger partial charge in [-0.1, -0.05) is 65.7 Å². The fourth-order valence-corrected chi connectivity index (χ4v) is 5.81. The lowest BCUT2D eigenvalue weighted by atomic mass is 9.85. The minimum absolute atomic E-state index is 0.183. The SMILES string of the molecule is Cc1ccc(N2C(=O)[C@@H]3[C@H](C2=O)[C@@H]2C=C(C(=O)c4ccccc4)C=CN2[C@@H]3C(=O)c2ccc(Cl)cc2)cc1. The van der Waals surface area contributed by atoms with E-state index in [1.165, 1.54) is 4.90 Å². The third kappa shape index (κ3) is 3.80. The predicted octanol–water partition coefficient (Wildman–Crippen LogP) is 5.03. The average Bonchev–Trinajstić information content (AvgIpc) is 3.41. The smallest absolute Gasteiger partial charge is 0.240 e. The number of anilines is 1. The van der Waals surface area contributed by atoms with Gasteiger partial charge in [0.15, 0.2) is 11.6 Å². The van der Waals surface area contributed by atoms with E-state index in [9.17, 15) is 19.2 Å². The fourth-order valence-electron chi connectivity index (χ4n) is 5.69. The molecule has 188 valence electrons.